The summed E-state index contributed by atoms with van der Waals surface area (Å²) < 4.78 is 39.1. The maximum atomic E-state index is 14.1. The molecule has 0 radical (unpaired) electrons. The van der Waals surface area contributed by atoms with Crippen LogP contribution in [0.1, 0.15) is 102 Å². The minimum absolute atomic E-state index is 0.286. The van der Waals surface area contributed by atoms with Crippen LogP contribution in [0.3, 0.4) is 0 Å². The van der Waals surface area contributed by atoms with Gasteiger partial charge in [-0.15, -0.1) is 0 Å². The summed E-state index contributed by atoms with van der Waals surface area (Å²) in [4.78, 5) is 12.5. The molecule has 0 bridgehead atoms. The van der Waals surface area contributed by atoms with E-state index in [-0.39, 0.29) is 5.92 Å². The first-order valence-corrected chi connectivity index (χ1v) is 13.2. The Morgan fingerprint density at radius 1 is 0.912 bits per heavy atom. The Bertz CT molecular complexity index is 822. The molecule has 34 heavy (non-hydrogen) atoms. The molecule has 2 fully saturated rings. The molecule has 0 N–H and O–H groups in total. The van der Waals surface area contributed by atoms with E-state index in [1.165, 1.54) is 51.4 Å². The van der Waals surface area contributed by atoms with Gasteiger partial charge in [0.15, 0.2) is 11.6 Å². The fourth-order valence-corrected chi connectivity index (χ4v) is 5.57. The molecular weight excluding hydrogens is 436 g/mol. The zero-order valence-electron chi connectivity index (χ0n) is 20.5. The highest BCUT2D eigenvalue weighted by molar-refractivity contribution is 5.75. The number of unbranched alkanes of at least 4 members (excludes halogenated alkanes) is 5. The molecule has 0 unspecified atom stereocenters. The van der Waals surface area contributed by atoms with E-state index < -0.39 is 28.9 Å². The number of hydrogen-bond donors (Lipinski definition) is 0. The predicted molar refractivity (Wildman–Crippen MR) is 127 cm³/mol. The number of ether oxygens (including phenoxy) is 2. The van der Waals surface area contributed by atoms with Crippen LogP contribution >= 0.6 is 0 Å². The Morgan fingerprint density at radius 3 is 2.18 bits per heavy atom. The summed E-state index contributed by atoms with van der Waals surface area (Å²) in [5, 5.41) is 8.78. The zero-order chi connectivity index (χ0) is 24.3. The van der Waals surface area contributed by atoms with Crippen LogP contribution in [0.4, 0.5) is 8.78 Å². The van der Waals surface area contributed by atoms with Crippen LogP contribution in [0.5, 0.6) is 5.75 Å². The molecule has 1 aromatic rings. The van der Waals surface area contributed by atoms with Gasteiger partial charge in [0.1, 0.15) is 6.07 Å². The third-order valence-corrected chi connectivity index (χ3v) is 7.72. The van der Waals surface area contributed by atoms with Gasteiger partial charge in [-0.1, -0.05) is 39.0 Å². The minimum atomic E-state index is -1.28. The van der Waals surface area contributed by atoms with Crippen LogP contribution in [0, 0.1) is 40.7 Å². The van der Waals surface area contributed by atoms with E-state index in [2.05, 4.69) is 6.92 Å². The van der Waals surface area contributed by atoms with Crippen LogP contribution < -0.4 is 4.74 Å². The van der Waals surface area contributed by atoms with Gasteiger partial charge in [-0.2, -0.15) is 9.65 Å². The van der Waals surface area contributed by atoms with E-state index in [1.54, 1.807) is 6.07 Å². The minimum Gasteiger partial charge on any atom is -0.423 e. The summed E-state index contributed by atoms with van der Waals surface area (Å²) in [5.41, 5.74) is -0.402. The Labute approximate surface area is 203 Å². The van der Waals surface area contributed by atoms with Crippen molar-refractivity contribution in [3.8, 4) is 11.8 Å². The van der Waals surface area contributed by atoms with Crippen molar-refractivity contribution in [1.82, 2.24) is 0 Å². The van der Waals surface area contributed by atoms with Crippen molar-refractivity contribution in [1.29, 1.82) is 5.26 Å². The molecule has 3 rings (SSSR count). The van der Waals surface area contributed by atoms with Gasteiger partial charge in [0, 0.05) is 6.61 Å². The van der Waals surface area contributed by atoms with Crippen LogP contribution in [-0.2, 0) is 9.53 Å². The highest BCUT2D eigenvalue weighted by Crippen LogP contribution is 2.41. The molecule has 2 aliphatic carbocycles. The average Bonchev–Trinajstić information content (AvgIpc) is 2.87. The SMILES string of the molecule is CCCCCCCCOC1CCC(C2CCC(C(=O)Oc3ccc(C#N)c(F)c3F)CC2)CC1. The molecule has 6 heteroatoms. The van der Waals surface area contributed by atoms with Crippen molar-refractivity contribution in [2.75, 3.05) is 6.61 Å². The summed E-state index contributed by atoms with van der Waals surface area (Å²) in [6, 6.07) is 3.85. The van der Waals surface area contributed by atoms with Crippen LogP contribution in [0.2, 0.25) is 0 Å². The maximum Gasteiger partial charge on any atom is 0.314 e. The Hall–Kier alpha value is -2.00. The van der Waals surface area contributed by atoms with Gasteiger partial charge in [0.25, 0.3) is 0 Å². The molecule has 0 saturated heterocycles. The van der Waals surface area contributed by atoms with Gasteiger partial charge in [0.2, 0.25) is 5.82 Å². The first-order chi connectivity index (χ1) is 16.5. The smallest absolute Gasteiger partial charge is 0.314 e. The Morgan fingerprint density at radius 2 is 1.53 bits per heavy atom. The number of rotatable bonds is 11. The molecule has 0 aromatic heterocycles. The molecule has 0 aliphatic heterocycles. The summed E-state index contributed by atoms with van der Waals surface area (Å²) in [6.07, 6.45) is 16.1. The van der Waals surface area contributed by atoms with E-state index >= 15 is 0 Å². The van der Waals surface area contributed by atoms with Crippen molar-refractivity contribution in [3.63, 3.8) is 0 Å². The van der Waals surface area contributed by atoms with Crippen molar-refractivity contribution in [2.45, 2.75) is 103 Å². The summed E-state index contributed by atoms with van der Waals surface area (Å²) in [7, 11) is 0. The summed E-state index contributed by atoms with van der Waals surface area (Å²) in [5.74, 6) is -2.48. The highest BCUT2D eigenvalue weighted by Gasteiger charge is 2.34. The molecular formula is C28H39F2NO3. The fraction of sp³-hybridized carbons (Fsp3) is 0.714. The van der Waals surface area contributed by atoms with E-state index in [1.807, 2.05) is 0 Å². The summed E-state index contributed by atoms with van der Waals surface area (Å²) >= 11 is 0. The molecule has 1 aromatic carbocycles. The van der Waals surface area contributed by atoms with E-state index in [0.717, 1.165) is 57.3 Å². The van der Waals surface area contributed by atoms with E-state index in [4.69, 9.17) is 14.7 Å². The van der Waals surface area contributed by atoms with Crippen LogP contribution in [0.15, 0.2) is 12.1 Å². The molecule has 188 valence electrons. The van der Waals surface area contributed by atoms with Crippen molar-refractivity contribution in [3.05, 3.63) is 29.3 Å². The number of nitriles is 1. The standard InChI is InChI=1S/C28H39F2NO3/c1-2-3-4-5-6-7-18-33-24-15-12-21(13-16-24)20-8-10-22(11-9-20)28(32)34-25-17-14-23(19-31)26(29)27(25)30/h14,17,20-22,24H,2-13,15-16,18H2,1H3. The van der Waals surface area contributed by atoms with Crippen molar-refractivity contribution in [2.24, 2.45) is 17.8 Å². The number of carbonyl (C=O) groups is 1. The second-order valence-corrected chi connectivity index (χ2v) is 10.1. The van der Waals surface area contributed by atoms with E-state index in [9.17, 15) is 13.6 Å². The number of nitrogens with zero attached hydrogens (tertiary/aromatic N) is 1. The zero-order valence-corrected chi connectivity index (χ0v) is 20.5. The number of halogens is 2. The molecule has 0 spiro atoms. The highest BCUT2D eigenvalue weighted by atomic mass is 19.2. The van der Waals surface area contributed by atoms with Crippen molar-refractivity contribution < 1.29 is 23.0 Å². The van der Waals surface area contributed by atoms with Gasteiger partial charge >= 0.3 is 5.97 Å². The second-order valence-electron chi connectivity index (χ2n) is 10.1. The number of benzene rings is 1. The number of carbonyl (C=O) groups excluding carboxylic acids is 1. The predicted octanol–water partition coefficient (Wildman–Crippen LogP) is 7.48. The van der Waals surface area contributed by atoms with Crippen molar-refractivity contribution >= 4 is 5.97 Å². The van der Waals surface area contributed by atoms with E-state index in [0.29, 0.717) is 17.9 Å². The molecule has 0 heterocycles. The normalized spacial score (nSPS) is 25.0. The van der Waals surface area contributed by atoms with Gasteiger partial charge in [-0.05, 0) is 81.8 Å². The van der Waals surface area contributed by atoms with Gasteiger partial charge < -0.3 is 9.47 Å². The van der Waals surface area contributed by atoms with Gasteiger partial charge in [-0.25, -0.2) is 4.39 Å². The number of hydrogen-bond acceptors (Lipinski definition) is 4. The first kappa shape index (κ1) is 26.6. The summed E-state index contributed by atoms with van der Waals surface area (Å²) in [6.45, 7) is 3.13. The lowest BCUT2D eigenvalue weighted by Crippen LogP contribution is -2.31. The third kappa shape index (κ3) is 7.50. The molecule has 4 nitrogen and oxygen atoms in total. The Kier molecular flexibility index (Phi) is 10.8. The van der Waals surface area contributed by atoms with Crippen LogP contribution in [-0.4, -0.2) is 18.7 Å². The lowest BCUT2D eigenvalue weighted by atomic mass is 9.70. The molecule has 0 atom stereocenters. The van der Waals surface area contributed by atoms with Gasteiger partial charge in [0.05, 0.1) is 17.6 Å². The molecule has 0 amide bonds. The number of esters is 1. The average molecular weight is 476 g/mol. The monoisotopic (exact) mass is 475 g/mol. The quantitative estimate of drug-likeness (QED) is 0.189. The van der Waals surface area contributed by atoms with Gasteiger partial charge in [-0.3, -0.25) is 4.79 Å². The fourth-order valence-electron chi connectivity index (χ4n) is 5.57. The molecule has 2 aliphatic rings. The largest absolute Gasteiger partial charge is 0.423 e. The lowest BCUT2D eigenvalue weighted by Gasteiger charge is -2.37. The third-order valence-electron chi connectivity index (χ3n) is 7.72. The Balaban J connectivity index is 1.34. The first-order valence-electron chi connectivity index (χ1n) is 13.2. The lowest BCUT2D eigenvalue weighted by molar-refractivity contribution is -0.140. The maximum absolute atomic E-state index is 14.1. The topological polar surface area (TPSA) is 59.3 Å². The van der Waals surface area contributed by atoms with Crippen LogP contribution in [0.25, 0.3) is 0 Å². The molecule has 2 saturated carbocycles. The second kappa shape index (κ2) is 13.8.